The van der Waals surface area contributed by atoms with Crippen molar-refractivity contribution in [3.63, 3.8) is 0 Å². The zero-order chi connectivity index (χ0) is 26.7. The summed E-state index contributed by atoms with van der Waals surface area (Å²) in [6, 6.07) is 18.2. The van der Waals surface area contributed by atoms with Gasteiger partial charge < -0.3 is 4.90 Å². The van der Waals surface area contributed by atoms with Gasteiger partial charge >= 0.3 is 6.18 Å². The number of amides is 1. The van der Waals surface area contributed by atoms with E-state index in [2.05, 4.69) is 0 Å². The highest BCUT2D eigenvalue weighted by molar-refractivity contribution is 5.94. The first-order valence-electron chi connectivity index (χ1n) is 12.2. The van der Waals surface area contributed by atoms with E-state index in [1.807, 2.05) is 38.1 Å². The molecule has 4 rings (SSSR count). The van der Waals surface area contributed by atoms with Crippen LogP contribution in [0.1, 0.15) is 60.5 Å². The molecule has 1 aromatic heterocycles. The highest BCUT2D eigenvalue weighted by Gasteiger charge is 2.32. The Bertz CT molecular complexity index is 1480. The SMILES string of the molecule is CCCN(C(=O)c1cccc(C(F)(F)F)c1)C(C)c1nc2ccccc2c(=O)n1-c1ccc(CC)cc1. The second-order valence-corrected chi connectivity index (χ2v) is 8.90. The third kappa shape index (κ3) is 5.28. The first-order chi connectivity index (χ1) is 17.7. The van der Waals surface area contributed by atoms with Crippen molar-refractivity contribution in [1.29, 1.82) is 0 Å². The lowest BCUT2D eigenvalue weighted by molar-refractivity contribution is -0.137. The number of rotatable bonds is 7. The molecule has 192 valence electrons. The number of carbonyl (C=O) groups excluding carboxylic acids is 1. The molecular weight excluding hydrogens is 479 g/mol. The summed E-state index contributed by atoms with van der Waals surface area (Å²) in [6.07, 6.45) is -3.16. The molecule has 0 saturated heterocycles. The Hall–Kier alpha value is -3.94. The van der Waals surface area contributed by atoms with Gasteiger partial charge in [0.15, 0.2) is 0 Å². The van der Waals surface area contributed by atoms with E-state index in [-0.39, 0.29) is 17.7 Å². The Morgan fingerprint density at radius 3 is 2.35 bits per heavy atom. The number of alkyl halides is 3. The molecule has 0 spiro atoms. The molecule has 0 saturated carbocycles. The Morgan fingerprint density at radius 1 is 1.00 bits per heavy atom. The van der Waals surface area contributed by atoms with Gasteiger partial charge in [0.05, 0.1) is 28.2 Å². The predicted octanol–water partition coefficient (Wildman–Crippen LogP) is 6.58. The van der Waals surface area contributed by atoms with E-state index in [0.29, 0.717) is 28.8 Å². The van der Waals surface area contributed by atoms with Crippen molar-refractivity contribution in [2.45, 2.75) is 45.8 Å². The van der Waals surface area contributed by atoms with E-state index >= 15 is 0 Å². The van der Waals surface area contributed by atoms with E-state index < -0.39 is 23.7 Å². The van der Waals surface area contributed by atoms with Crippen LogP contribution in [0, 0.1) is 0 Å². The summed E-state index contributed by atoms with van der Waals surface area (Å²) in [5.41, 5.74) is 0.951. The van der Waals surface area contributed by atoms with Crippen LogP contribution in [-0.2, 0) is 12.6 Å². The van der Waals surface area contributed by atoms with Gasteiger partial charge in [-0.05, 0) is 67.8 Å². The fourth-order valence-corrected chi connectivity index (χ4v) is 4.41. The van der Waals surface area contributed by atoms with Crippen LogP contribution in [-0.4, -0.2) is 26.9 Å². The van der Waals surface area contributed by atoms with Gasteiger partial charge in [-0.25, -0.2) is 4.98 Å². The normalized spacial score (nSPS) is 12.5. The van der Waals surface area contributed by atoms with Crippen molar-refractivity contribution in [3.8, 4) is 5.69 Å². The fraction of sp³-hybridized carbons (Fsp3) is 0.276. The van der Waals surface area contributed by atoms with Gasteiger partial charge in [0.25, 0.3) is 11.5 Å². The van der Waals surface area contributed by atoms with Gasteiger partial charge in [0.1, 0.15) is 5.82 Å². The number of carbonyl (C=O) groups is 1. The molecule has 8 heteroatoms. The minimum atomic E-state index is -4.57. The minimum Gasteiger partial charge on any atom is -0.329 e. The Morgan fingerprint density at radius 2 is 1.70 bits per heavy atom. The van der Waals surface area contributed by atoms with Crippen molar-refractivity contribution in [2.24, 2.45) is 0 Å². The van der Waals surface area contributed by atoms with Crippen LogP contribution < -0.4 is 5.56 Å². The molecule has 3 aromatic carbocycles. The molecule has 4 aromatic rings. The predicted molar refractivity (Wildman–Crippen MR) is 138 cm³/mol. The second-order valence-electron chi connectivity index (χ2n) is 8.90. The van der Waals surface area contributed by atoms with E-state index in [9.17, 15) is 22.8 Å². The molecule has 1 unspecified atom stereocenters. The number of hydrogen-bond acceptors (Lipinski definition) is 3. The van der Waals surface area contributed by atoms with Crippen LogP contribution in [0.5, 0.6) is 0 Å². The standard InChI is InChI=1S/C29H28F3N3O2/c1-4-17-34(27(36)21-9-8-10-22(18-21)29(30,31)32)19(3)26-33-25-12-7-6-11-24(25)28(37)35(26)23-15-13-20(5-2)14-16-23/h6-16,18-19H,4-5,17H2,1-3H3. The van der Waals surface area contributed by atoms with Crippen molar-refractivity contribution in [3.05, 3.63) is 106 Å². The molecular formula is C29H28F3N3O2. The summed E-state index contributed by atoms with van der Waals surface area (Å²) in [6.45, 7) is 5.93. The maximum absolute atomic E-state index is 13.7. The summed E-state index contributed by atoms with van der Waals surface area (Å²) >= 11 is 0. The smallest absolute Gasteiger partial charge is 0.329 e. The van der Waals surface area contributed by atoms with Gasteiger partial charge in [0, 0.05) is 12.1 Å². The van der Waals surface area contributed by atoms with Crippen LogP contribution in [0.25, 0.3) is 16.6 Å². The first kappa shape index (κ1) is 26.1. The maximum atomic E-state index is 13.7. The molecule has 0 fully saturated rings. The second kappa shape index (κ2) is 10.6. The van der Waals surface area contributed by atoms with Crippen LogP contribution in [0.3, 0.4) is 0 Å². The monoisotopic (exact) mass is 507 g/mol. The number of fused-ring (bicyclic) bond motifs is 1. The molecule has 1 heterocycles. The van der Waals surface area contributed by atoms with Gasteiger partial charge in [-0.1, -0.05) is 44.2 Å². The minimum absolute atomic E-state index is 0.0721. The molecule has 37 heavy (non-hydrogen) atoms. The third-order valence-electron chi connectivity index (χ3n) is 6.41. The molecule has 0 N–H and O–H groups in total. The van der Waals surface area contributed by atoms with Crippen LogP contribution in [0.4, 0.5) is 13.2 Å². The van der Waals surface area contributed by atoms with E-state index in [1.165, 1.54) is 21.6 Å². The Kier molecular flexibility index (Phi) is 7.47. The first-order valence-corrected chi connectivity index (χ1v) is 12.2. The van der Waals surface area contributed by atoms with Gasteiger partial charge in [-0.15, -0.1) is 0 Å². The number of aromatic nitrogens is 2. The average Bonchev–Trinajstić information content (AvgIpc) is 2.90. The van der Waals surface area contributed by atoms with Crippen LogP contribution in [0.2, 0.25) is 0 Å². The molecule has 0 radical (unpaired) electrons. The zero-order valence-corrected chi connectivity index (χ0v) is 20.9. The number of hydrogen-bond donors (Lipinski definition) is 0. The van der Waals surface area contributed by atoms with E-state index in [4.69, 9.17) is 4.98 Å². The number of aryl methyl sites for hydroxylation is 1. The van der Waals surface area contributed by atoms with Gasteiger partial charge in [-0.2, -0.15) is 13.2 Å². The quantitative estimate of drug-likeness (QED) is 0.284. The van der Waals surface area contributed by atoms with Crippen LogP contribution in [0.15, 0.2) is 77.6 Å². The number of nitrogens with zero attached hydrogens (tertiary/aromatic N) is 3. The lowest BCUT2D eigenvalue weighted by Gasteiger charge is -2.30. The van der Waals surface area contributed by atoms with Gasteiger partial charge in [0.2, 0.25) is 0 Å². The van der Waals surface area contributed by atoms with Crippen molar-refractivity contribution in [1.82, 2.24) is 14.5 Å². The molecule has 0 aliphatic heterocycles. The van der Waals surface area contributed by atoms with E-state index in [0.717, 1.165) is 24.1 Å². The lowest BCUT2D eigenvalue weighted by atomic mass is 10.1. The topological polar surface area (TPSA) is 55.2 Å². The Labute approximate surface area is 213 Å². The number of benzene rings is 3. The average molecular weight is 508 g/mol. The summed E-state index contributed by atoms with van der Waals surface area (Å²) in [5, 5.41) is 0.435. The highest BCUT2D eigenvalue weighted by atomic mass is 19.4. The molecule has 0 bridgehead atoms. The van der Waals surface area contributed by atoms with Crippen molar-refractivity contribution in [2.75, 3.05) is 6.54 Å². The van der Waals surface area contributed by atoms with Crippen molar-refractivity contribution >= 4 is 16.8 Å². The molecule has 0 aliphatic rings. The summed E-state index contributed by atoms with van der Waals surface area (Å²) in [5.74, 6) is -0.225. The highest BCUT2D eigenvalue weighted by Crippen LogP contribution is 2.31. The number of para-hydroxylation sites is 1. The molecule has 0 aliphatic carbocycles. The van der Waals surface area contributed by atoms with Crippen LogP contribution >= 0.6 is 0 Å². The molecule has 1 amide bonds. The fourth-order valence-electron chi connectivity index (χ4n) is 4.41. The number of halogens is 3. The largest absolute Gasteiger partial charge is 0.416 e. The molecule has 1 atom stereocenters. The summed E-state index contributed by atoms with van der Waals surface area (Å²) in [7, 11) is 0. The Balaban J connectivity index is 1.87. The summed E-state index contributed by atoms with van der Waals surface area (Å²) < 4.78 is 41.4. The molecule has 5 nitrogen and oxygen atoms in total. The zero-order valence-electron chi connectivity index (χ0n) is 20.9. The van der Waals surface area contributed by atoms with Gasteiger partial charge in [-0.3, -0.25) is 14.2 Å². The summed E-state index contributed by atoms with van der Waals surface area (Å²) in [4.78, 5) is 33.5. The maximum Gasteiger partial charge on any atom is 0.416 e. The lowest BCUT2D eigenvalue weighted by Crippen LogP contribution is -2.38. The third-order valence-corrected chi connectivity index (χ3v) is 6.41. The van der Waals surface area contributed by atoms with Crippen molar-refractivity contribution < 1.29 is 18.0 Å². The van der Waals surface area contributed by atoms with E-state index in [1.54, 1.807) is 31.2 Å².